The predicted molar refractivity (Wildman–Crippen MR) is 145 cm³/mol. The summed E-state index contributed by atoms with van der Waals surface area (Å²) in [6.45, 7) is 1.86. The molecule has 3 fully saturated rings. The van der Waals surface area contributed by atoms with Crippen LogP contribution in [0.15, 0.2) is 16.7 Å². The molecule has 0 radical (unpaired) electrons. The number of nitrogens with zero attached hydrogens (tertiary/aromatic N) is 6. The number of aliphatic carboxylic acids is 1. The van der Waals surface area contributed by atoms with Crippen LogP contribution in [-0.4, -0.2) is 103 Å². The first-order valence-corrected chi connectivity index (χ1v) is 15.4. The number of nitrogen functional groups attached to an aromatic ring is 1. The van der Waals surface area contributed by atoms with E-state index in [0.717, 1.165) is 35.6 Å². The van der Waals surface area contributed by atoms with E-state index in [2.05, 4.69) is 36.3 Å². The Labute approximate surface area is 243 Å². The second-order valence-electron chi connectivity index (χ2n) is 10.2. The topological polar surface area (TPSA) is 256 Å². The van der Waals surface area contributed by atoms with E-state index in [-0.39, 0.29) is 40.6 Å². The highest BCUT2D eigenvalue weighted by atomic mass is 32.2. The van der Waals surface area contributed by atoms with Crippen molar-refractivity contribution in [2.45, 2.75) is 68.9 Å². The third kappa shape index (κ3) is 6.21. The van der Waals surface area contributed by atoms with Crippen molar-refractivity contribution in [3.05, 3.63) is 23.0 Å². The van der Waals surface area contributed by atoms with E-state index in [1.165, 1.54) is 11.6 Å². The smallest absolute Gasteiger partial charge is 0.362 e. The van der Waals surface area contributed by atoms with Gasteiger partial charge in [0.1, 0.15) is 17.8 Å². The van der Waals surface area contributed by atoms with E-state index in [0.29, 0.717) is 25.1 Å². The van der Waals surface area contributed by atoms with Crippen molar-refractivity contribution in [2.24, 2.45) is 5.16 Å². The van der Waals surface area contributed by atoms with Crippen LogP contribution < -0.4 is 21.7 Å². The molecule has 3 aliphatic rings. The van der Waals surface area contributed by atoms with Gasteiger partial charge in [-0.3, -0.25) is 14.1 Å². The first kappa shape index (κ1) is 29.8. The van der Waals surface area contributed by atoms with E-state index >= 15 is 0 Å². The molecule has 42 heavy (non-hydrogen) atoms. The van der Waals surface area contributed by atoms with Crippen LogP contribution >= 0.6 is 11.3 Å². The first-order chi connectivity index (χ1) is 20.0. The minimum Gasteiger partial charge on any atom is -0.478 e. The third-order valence-electron chi connectivity index (χ3n) is 7.36. The van der Waals surface area contributed by atoms with Crippen molar-refractivity contribution in [1.29, 1.82) is 0 Å². The number of carboxylic acids is 1. The van der Waals surface area contributed by atoms with Crippen LogP contribution in [0.4, 0.5) is 5.13 Å². The highest BCUT2D eigenvalue weighted by Crippen LogP contribution is 2.34. The average molecular weight is 627 g/mol. The molecule has 0 spiro atoms. The Balaban J connectivity index is 1.33. The molecule has 5 rings (SSSR count). The Hall–Kier alpha value is -3.72. The molecule has 0 bridgehead atoms. The standard InChI is InChI=1S/C22H30N10O8S2/c23-21-27-14(11-41-21)16(30-40-22(20(35)36)4-1-2-5-22)18(33)28-17-15(32(19(17)34)42(37,38)39)10-31-26-9-13(29-31)8-25-12-3-6-24-7-12/h9,11-12,15,17,24-25H,1-8,10H2,(H2,23,27)(H,28,33)(H,35,36)(H,37,38,39)/b30-16-/t12-,15-,17+/m1/s1. The lowest BCUT2D eigenvalue weighted by Gasteiger charge is -2.43. The molecule has 2 aliphatic heterocycles. The van der Waals surface area contributed by atoms with Gasteiger partial charge in [-0.2, -0.15) is 23.4 Å². The lowest BCUT2D eigenvalue weighted by atomic mass is 9.98. The van der Waals surface area contributed by atoms with Crippen LogP contribution in [-0.2, 0) is 42.6 Å². The fourth-order valence-corrected chi connectivity index (χ4v) is 6.54. The number of anilines is 1. The zero-order valence-corrected chi connectivity index (χ0v) is 23.8. The summed E-state index contributed by atoms with van der Waals surface area (Å²) in [6.07, 6.45) is 3.99. The van der Waals surface area contributed by atoms with Gasteiger partial charge in [-0.25, -0.2) is 14.1 Å². The van der Waals surface area contributed by atoms with Gasteiger partial charge in [-0.1, -0.05) is 5.16 Å². The Morgan fingerprint density at radius 1 is 1.33 bits per heavy atom. The summed E-state index contributed by atoms with van der Waals surface area (Å²) in [6, 6.07) is -2.44. The van der Waals surface area contributed by atoms with Crippen LogP contribution in [0.25, 0.3) is 0 Å². The number of rotatable bonds is 12. The molecule has 228 valence electrons. The number of β-lactam (4-membered cyclic amide) rings is 1. The monoisotopic (exact) mass is 626 g/mol. The molecule has 3 atom stereocenters. The number of carboxylic acid groups (broad SMARTS) is 1. The minimum absolute atomic E-state index is 0.0353. The van der Waals surface area contributed by atoms with Crippen molar-refractivity contribution in [1.82, 2.24) is 40.2 Å². The summed E-state index contributed by atoms with van der Waals surface area (Å²) in [4.78, 5) is 48.6. The van der Waals surface area contributed by atoms with E-state index < -0.39 is 51.5 Å². The van der Waals surface area contributed by atoms with Gasteiger partial charge in [0, 0.05) is 37.4 Å². The number of carbonyl (C=O) groups is 3. The number of aromatic nitrogens is 4. The maximum atomic E-state index is 13.4. The SMILES string of the molecule is Nc1nc(/C(=N/OC2(C(=O)O)CCCC2)C(=O)N[C@@H]2C(=O)N(S(=O)(=O)O)[C@@H]2Cn2ncc(CN[C@@H]3CCNC3)n2)cs1. The lowest BCUT2D eigenvalue weighted by Crippen LogP contribution is -2.73. The molecule has 20 heteroatoms. The molecule has 2 saturated heterocycles. The van der Waals surface area contributed by atoms with E-state index in [1.807, 2.05) is 0 Å². The zero-order valence-electron chi connectivity index (χ0n) is 22.2. The van der Waals surface area contributed by atoms with E-state index in [1.54, 1.807) is 0 Å². The molecule has 1 aliphatic carbocycles. The molecule has 0 unspecified atom stereocenters. The number of nitrogens with one attached hydrogen (secondary N) is 3. The highest BCUT2D eigenvalue weighted by molar-refractivity contribution is 7.84. The van der Waals surface area contributed by atoms with Crippen LogP contribution in [0.1, 0.15) is 43.5 Å². The molecule has 7 N–H and O–H groups in total. The summed E-state index contributed by atoms with van der Waals surface area (Å²) in [5.74, 6) is -3.34. The number of carbonyl (C=O) groups excluding carboxylic acids is 2. The number of amides is 2. The molecule has 0 aromatic carbocycles. The van der Waals surface area contributed by atoms with Gasteiger partial charge >= 0.3 is 16.3 Å². The summed E-state index contributed by atoms with van der Waals surface area (Å²) < 4.78 is 33.9. The maximum absolute atomic E-state index is 13.4. The fraction of sp³-hybridized carbons (Fsp3) is 0.591. The van der Waals surface area contributed by atoms with Crippen molar-refractivity contribution < 1.29 is 37.3 Å². The molecular weight excluding hydrogens is 596 g/mol. The quantitative estimate of drug-likeness (QED) is 0.0650. The molecular formula is C22H30N10O8S2. The average Bonchev–Trinajstić information content (AvgIpc) is 3.74. The molecule has 18 nitrogen and oxygen atoms in total. The first-order valence-electron chi connectivity index (χ1n) is 13.1. The zero-order chi connectivity index (χ0) is 30.1. The van der Waals surface area contributed by atoms with Crippen LogP contribution in [0.2, 0.25) is 0 Å². The predicted octanol–water partition coefficient (Wildman–Crippen LogP) is -1.91. The van der Waals surface area contributed by atoms with Crippen LogP contribution in [0.3, 0.4) is 0 Å². The summed E-state index contributed by atoms with van der Waals surface area (Å²) in [5, 5.41) is 32.4. The van der Waals surface area contributed by atoms with Crippen molar-refractivity contribution in [2.75, 3.05) is 18.8 Å². The van der Waals surface area contributed by atoms with Crippen molar-refractivity contribution >= 4 is 50.3 Å². The molecule has 1 saturated carbocycles. The number of hydrogen-bond donors (Lipinski definition) is 6. The molecule has 2 aromatic heterocycles. The Morgan fingerprint density at radius 2 is 2.10 bits per heavy atom. The van der Waals surface area contributed by atoms with Crippen LogP contribution in [0, 0.1) is 0 Å². The Morgan fingerprint density at radius 3 is 2.71 bits per heavy atom. The summed E-state index contributed by atoms with van der Waals surface area (Å²) in [5.41, 5.74) is 4.15. The highest BCUT2D eigenvalue weighted by Gasteiger charge is 2.55. The molecule has 4 heterocycles. The van der Waals surface area contributed by atoms with Gasteiger partial charge in [0.25, 0.3) is 11.8 Å². The van der Waals surface area contributed by atoms with Crippen molar-refractivity contribution in [3.8, 4) is 0 Å². The normalized spacial score (nSPS) is 24.0. The maximum Gasteiger partial charge on any atom is 0.362 e. The summed E-state index contributed by atoms with van der Waals surface area (Å²) in [7, 11) is -4.98. The number of thiazole rings is 1. The Kier molecular flexibility index (Phi) is 8.42. The lowest BCUT2D eigenvalue weighted by molar-refractivity contribution is -0.165. The second kappa shape index (κ2) is 11.9. The number of oxime groups is 1. The van der Waals surface area contributed by atoms with Crippen molar-refractivity contribution in [3.63, 3.8) is 0 Å². The van der Waals surface area contributed by atoms with Gasteiger partial charge in [0.15, 0.2) is 10.8 Å². The van der Waals surface area contributed by atoms with Crippen LogP contribution in [0.5, 0.6) is 0 Å². The Bertz CT molecular complexity index is 1480. The molecule has 2 aromatic rings. The second-order valence-corrected chi connectivity index (χ2v) is 12.4. The van der Waals surface area contributed by atoms with Gasteiger partial charge in [0.05, 0.1) is 18.4 Å². The fourth-order valence-electron chi connectivity index (χ4n) is 5.12. The van der Waals surface area contributed by atoms with Gasteiger partial charge in [-0.15, -0.1) is 11.3 Å². The van der Waals surface area contributed by atoms with E-state index in [4.69, 9.17) is 10.6 Å². The summed E-state index contributed by atoms with van der Waals surface area (Å²) >= 11 is 0.991. The van der Waals surface area contributed by atoms with Gasteiger partial charge in [-0.05, 0) is 25.8 Å². The van der Waals surface area contributed by atoms with Gasteiger partial charge in [0.2, 0.25) is 5.60 Å². The largest absolute Gasteiger partial charge is 0.478 e. The van der Waals surface area contributed by atoms with E-state index in [9.17, 15) is 32.5 Å². The number of nitrogens with two attached hydrogens (primary N) is 1. The third-order valence-corrected chi connectivity index (χ3v) is 8.98. The molecule has 2 amide bonds. The van der Waals surface area contributed by atoms with Gasteiger partial charge < -0.3 is 31.6 Å². The number of hydrogen-bond acceptors (Lipinski definition) is 14. The minimum atomic E-state index is -4.98.